The summed E-state index contributed by atoms with van der Waals surface area (Å²) in [4.78, 5) is 40.0. The van der Waals surface area contributed by atoms with E-state index in [9.17, 15) is 14.4 Å². The van der Waals surface area contributed by atoms with Crippen LogP contribution in [0.1, 0.15) is 131 Å². The first kappa shape index (κ1) is 34.1. The monoisotopic (exact) mass is 629 g/mol. The SMILES string of the molecule is CC(C)CCC[C@@H](C)[C@H]1CC[C@H]2[C@@H]3CCC(=O)[C@](C)(CCCN(C)C(=O)CCCC[C@@H]4SC[C@@H]5NC(=O)N[C@@H]54)[C@H]3CC[C@]12C. The van der Waals surface area contributed by atoms with Crippen molar-refractivity contribution >= 4 is 29.5 Å². The van der Waals surface area contributed by atoms with Gasteiger partial charge >= 0.3 is 6.03 Å². The minimum absolute atomic E-state index is 0.0342. The molecule has 3 saturated carbocycles. The molecule has 250 valence electrons. The van der Waals surface area contributed by atoms with E-state index in [1.54, 1.807) is 0 Å². The van der Waals surface area contributed by atoms with Crippen molar-refractivity contribution in [2.75, 3.05) is 19.3 Å². The average Bonchev–Trinajstić information content (AvgIpc) is 3.64. The lowest BCUT2D eigenvalue weighted by Crippen LogP contribution is -2.52. The molecule has 5 fully saturated rings. The molecule has 2 aliphatic heterocycles. The van der Waals surface area contributed by atoms with Crippen LogP contribution in [-0.4, -0.2) is 59.3 Å². The maximum absolute atomic E-state index is 13.6. The van der Waals surface area contributed by atoms with Crippen molar-refractivity contribution in [2.45, 2.75) is 148 Å². The smallest absolute Gasteiger partial charge is 0.315 e. The number of fused-ring (bicyclic) bond motifs is 4. The zero-order valence-electron chi connectivity index (χ0n) is 28.8. The highest BCUT2D eigenvalue weighted by Gasteiger charge is 2.59. The fourth-order valence-electron chi connectivity index (χ4n) is 10.9. The van der Waals surface area contributed by atoms with E-state index in [0.29, 0.717) is 34.7 Å². The number of amides is 3. The summed E-state index contributed by atoms with van der Waals surface area (Å²) in [6, 6.07) is 0.471. The summed E-state index contributed by atoms with van der Waals surface area (Å²) in [7, 11) is 1.94. The molecule has 44 heavy (non-hydrogen) atoms. The number of carbonyl (C=O) groups is 3. The first-order chi connectivity index (χ1) is 20.9. The van der Waals surface area contributed by atoms with Crippen molar-refractivity contribution in [2.24, 2.45) is 46.3 Å². The van der Waals surface area contributed by atoms with Crippen LogP contribution in [0.25, 0.3) is 0 Å². The van der Waals surface area contributed by atoms with Gasteiger partial charge in [-0.05, 0) is 98.7 Å². The fourth-order valence-corrected chi connectivity index (χ4v) is 12.4. The summed E-state index contributed by atoms with van der Waals surface area (Å²) in [5.41, 5.74) is 0.225. The number of nitrogens with one attached hydrogen (secondary N) is 2. The van der Waals surface area contributed by atoms with Crippen LogP contribution < -0.4 is 10.6 Å². The van der Waals surface area contributed by atoms with Crippen LogP contribution in [0.15, 0.2) is 0 Å². The molecule has 0 bridgehead atoms. The number of rotatable bonds is 14. The highest BCUT2D eigenvalue weighted by Crippen LogP contribution is 2.66. The van der Waals surface area contributed by atoms with Crippen LogP contribution in [0, 0.1) is 46.3 Å². The van der Waals surface area contributed by atoms with Crippen molar-refractivity contribution in [3.8, 4) is 0 Å². The Hall–Kier alpha value is -1.24. The lowest BCUT2D eigenvalue weighted by molar-refractivity contribution is -0.146. The predicted octanol–water partition coefficient (Wildman–Crippen LogP) is 7.84. The summed E-state index contributed by atoms with van der Waals surface area (Å²) in [5, 5.41) is 6.53. The van der Waals surface area contributed by atoms with E-state index in [2.05, 4.69) is 45.3 Å². The van der Waals surface area contributed by atoms with Gasteiger partial charge in [-0.15, -0.1) is 0 Å². The predicted molar refractivity (Wildman–Crippen MR) is 182 cm³/mol. The van der Waals surface area contributed by atoms with Gasteiger partial charge in [0, 0.05) is 42.9 Å². The Labute approximate surface area is 272 Å². The quantitative estimate of drug-likeness (QED) is 0.152. The number of carbonyl (C=O) groups excluding carboxylic acids is 3. The number of Topliss-reactive ketones (excluding diaryl/α,β-unsaturated/α-hetero) is 1. The number of thioether (sulfide) groups is 1. The maximum atomic E-state index is 13.6. The van der Waals surface area contributed by atoms with E-state index >= 15 is 0 Å². The number of hydrogen-bond acceptors (Lipinski definition) is 4. The molecule has 2 heterocycles. The Morgan fingerprint density at radius 2 is 1.77 bits per heavy atom. The molecule has 0 aromatic carbocycles. The van der Waals surface area contributed by atoms with Crippen LogP contribution >= 0.6 is 11.8 Å². The first-order valence-corrected chi connectivity index (χ1v) is 19.4. The lowest BCUT2D eigenvalue weighted by atomic mass is 9.48. The molecule has 0 radical (unpaired) electrons. The highest BCUT2D eigenvalue weighted by molar-refractivity contribution is 8.00. The summed E-state index contributed by atoms with van der Waals surface area (Å²) in [6.07, 6.45) is 16.6. The summed E-state index contributed by atoms with van der Waals surface area (Å²) >= 11 is 1.94. The summed E-state index contributed by atoms with van der Waals surface area (Å²) < 4.78 is 0. The van der Waals surface area contributed by atoms with E-state index in [1.807, 2.05) is 23.7 Å². The number of ketones is 1. The molecule has 2 N–H and O–H groups in total. The molecule has 2 saturated heterocycles. The average molecular weight is 630 g/mol. The topological polar surface area (TPSA) is 78.5 Å². The highest BCUT2D eigenvalue weighted by atomic mass is 32.2. The molecular formula is C37H63N3O3S. The second-order valence-electron chi connectivity index (χ2n) is 16.6. The molecule has 0 spiro atoms. The molecule has 0 aromatic heterocycles. The van der Waals surface area contributed by atoms with Gasteiger partial charge < -0.3 is 15.5 Å². The molecule has 5 rings (SSSR count). The van der Waals surface area contributed by atoms with Crippen molar-refractivity contribution in [3.05, 3.63) is 0 Å². The fraction of sp³-hybridized carbons (Fsp3) is 0.919. The third-order valence-corrected chi connectivity index (χ3v) is 15.0. The summed E-state index contributed by atoms with van der Waals surface area (Å²) in [5.74, 6) is 6.16. The van der Waals surface area contributed by atoms with Gasteiger partial charge in [0.25, 0.3) is 0 Å². The van der Waals surface area contributed by atoms with Gasteiger partial charge in [0.2, 0.25) is 5.91 Å². The Morgan fingerprint density at radius 1 is 0.977 bits per heavy atom. The molecule has 6 nitrogen and oxygen atoms in total. The van der Waals surface area contributed by atoms with Crippen LogP contribution in [-0.2, 0) is 9.59 Å². The number of urea groups is 1. The van der Waals surface area contributed by atoms with Crippen molar-refractivity contribution in [3.63, 3.8) is 0 Å². The number of hydrogen-bond donors (Lipinski definition) is 2. The zero-order chi connectivity index (χ0) is 31.6. The third-order valence-electron chi connectivity index (χ3n) is 13.5. The molecular weight excluding hydrogens is 566 g/mol. The number of nitrogens with zero attached hydrogens (tertiary/aromatic N) is 1. The van der Waals surface area contributed by atoms with Crippen LogP contribution in [0.3, 0.4) is 0 Å². The van der Waals surface area contributed by atoms with E-state index in [4.69, 9.17) is 0 Å². The molecule has 10 atom stereocenters. The molecule has 5 aliphatic rings. The van der Waals surface area contributed by atoms with Crippen LogP contribution in [0.5, 0.6) is 0 Å². The minimum Gasteiger partial charge on any atom is -0.346 e. The van der Waals surface area contributed by atoms with Gasteiger partial charge in [-0.25, -0.2) is 4.79 Å². The van der Waals surface area contributed by atoms with Crippen LogP contribution in [0.2, 0.25) is 0 Å². The minimum atomic E-state index is -0.226. The van der Waals surface area contributed by atoms with Gasteiger partial charge in [-0.1, -0.05) is 60.3 Å². The summed E-state index contributed by atoms with van der Waals surface area (Å²) in [6.45, 7) is 12.9. The first-order valence-electron chi connectivity index (χ1n) is 18.4. The van der Waals surface area contributed by atoms with Gasteiger partial charge in [0.05, 0.1) is 12.1 Å². The van der Waals surface area contributed by atoms with Gasteiger partial charge in [0.15, 0.2) is 0 Å². The molecule has 7 heteroatoms. The normalized spacial score (nSPS) is 38.6. The largest absolute Gasteiger partial charge is 0.346 e. The van der Waals surface area contributed by atoms with Gasteiger partial charge in [0.1, 0.15) is 5.78 Å². The van der Waals surface area contributed by atoms with Gasteiger partial charge in [-0.2, -0.15) is 11.8 Å². The Morgan fingerprint density at radius 3 is 2.55 bits per heavy atom. The Bertz CT molecular complexity index is 1040. The Kier molecular flexibility index (Phi) is 11.1. The molecule has 3 aliphatic carbocycles. The second kappa shape index (κ2) is 14.3. The van der Waals surface area contributed by atoms with E-state index in [1.165, 1.54) is 44.9 Å². The zero-order valence-corrected chi connectivity index (χ0v) is 29.6. The Balaban J connectivity index is 1.07. The van der Waals surface area contributed by atoms with E-state index < -0.39 is 0 Å². The molecule has 3 amide bonds. The van der Waals surface area contributed by atoms with Crippen molar-refractivity contribution < 1.29 is 14.4 Å². The third kappa shape index (κ3) is 7.03. The van der Waals surface area contributed by atoms with Crippen molar-refractivity contribution in [1.29, 1.82) is 0 Å². The van der Waals surface area contributed by atoms with Crippen LogP contribution in [0.4, 0.5) is 4.79 Å². The van der Waals surface area contributed by atoms with Gasteiger partial charge in [-0.3, -0.25) is 9.59 Å². The number of unbranched alkanes of at least 4 members (excludes halogenated alkanes) is 1. The molecule has 0 aromatic rings. The van der Waals surface area contributed by atoms with E-state index in [0.717, 1.165) is 80.9 Å². The maximum Gasteiger partial charge on any atom is 0.315 e. The standard InChI is InChI=1S/C37H63N3O3S/c1-24(2)11-9-12-25(3)27-16-17-28-26-15-18-32(41)37(5,29(26)19-21-36(27,28)4)20-10-22-40(6)33(42)14-8-7-13-31-34-30(23-44-31)38-35(43)39-34/h24-31,34H,7-23H2,1-6H3,(H2,38,39,43)/t25-,26+,27-,28+,29+,30+,31+,34+,36-,37-/m1/s1. The second-order valence-corrected chi connectivity index (χ2v) is 17.8. The van der Waals surface area contributed by atoms with E-state index in [-0.39, 0.29) is 29.4 Å². The molecule has 0 unspecified atom stereocenters. The van der Waals surface area contributed by atoms with Crippen molar-refractivity contribution in [1.82, 2.24) is 15.5 Å². The lowest BCUT2D eigenvalue weighted by Gasteiger charge is -2.56.